The van der Waals surface area contributed by atoms with Crippen LogP contribution in [-0.4, -0.2) is 36.6 Å². The molecule has 0 aliphatic heterocycles. The topological polar surface area (TPSA) is 121 Å². The molecule has 8 heteroatoms. The van der Waals surface area contributed by atoms with Crippen molar-refractivity contribution in [2.75, 3.05) is 0 Å². The van der Waals surface area contributed by atoms with Crippen molar-refractivity contribution in [3.63, 3.8) is 0 Å². The first-order chi connectivity index (χ1) is 9.13. The van der Waals surface area contributed by atoms with Gasteiger partial charge in [0.25, 0.3) is 0 Å². The summed E-state index contributed by atoms with van der Waals surface area (Å²) in [5, 5.41) is 17.5. The highest BCUT2D eigenvalue weighted by Crippen LogP contribution is 2.17. The lowest BCUT2D eigenvalue weighted by molar-refractivity contribution is -0.145. The Morgan fingerprint density at radius 1 is 1.25 bits per heavy atom. The highest BCUT2D eigenvalue weighted by molar-refractivity contribution is 7.89. The Balaban J connectivity index is 3.12. The second-order valence-electron chi connectivity index (χ2n) is 4.38. The summed E-state index contributed by atoms with van der Waals surface area (Å²) in [6.07, 6.45) is -0.834. The van der Waals surface area contributed by atoms with E-state index >= 15 is 0 Å². The Kier molecular flexibility index (Phi) is 4.85. The van der Waals surface area contributed by atoms with Gasteiger partial charge in [0, 0.05) is 0 Å². The second kappa shape index (κ2) is 6.02. The van der Waals surface area contributed by atoms with Crippen molar-refractivity contribution in [3.8, 4) is 0 Å². The van der Waals surface area contributed by atoms with Gasteiger partial charge < -0.3 is 10.2 Å². The molecule has 1 rings (SSSR count). The quantitative estimate of drug-likeness (QED) is 0.704. The molecule has 0 heterocycles. The van der Waals surface area contributed by atoms with Gasteiger partial charge in [0.1, 0.15) is 6.04 Å². The third-order valence-corrected chi connectivity index (χ3v) is 4.22. The zero-order valence-corrected chi connectivity index (χ0v) is 11.8. The minimum atomic E-state index is -4.10. The standard InChI is InChI=1S/C12H15NO6S/c1-7-3-4-8(2)10(5-7)20(18,19)13-9(12(16)17)6-11(14)15/h3-5,9,13H,6H2,1-2H3,(H,14,15)(H,16,17)/t9-/m0/s1. The monoisotopic (exact) mass is 301 g/mol. The normalized spacial score (nSPS) is 12.9. The molecule has 0 amide bonds. The van der Waals surface area contributed by atoms with Gasteiger partial charge >= 0.3 is 11.9 Å². The molecule has 1 aromatic carbocycles. The number of benzene rings is 1. The maximum Gasteiger partial charge on any atom is 0.322 e. The summed E-state index contributed by atoms with van der Waals surface area (Å²) in [6.45, 7) is 3.27. The predicted molar refractivity (Wildman–Crippen MR) is 69.9 cm³/mol. The smallest absolute Gasteiger partial charge is 0.322 e. The van der Waals surface area contributed by atoms with Crippen LogP contribution >= 0.6 is 0 Å². The fourth-order valence-electron chi connectivity index (χ4n) is 1.60. The van der Waals surface area contributed by atoms with Crippen molar-refractivity contribution in [2.45, 2.75) is 31.2 Å². The van der Waals surface area contributed by atoms with Crippen LogP contribution in [0.4, 0.5) is 0 Å². The molecule has 0 aliphatic rings. The molecule has 0 saturated carbocycles. The molecule has 0 saturated heterocycles. The number of rotatable bonds is 6. The zero-order valence-electron chi connectivity index (χ0n) is 11.0. The summed E-state index contributed by atoms with van der Waals surface area (Å²) >= 11 is 0. The van der Waals surface area contributed by atoms with Gasteiger partial charge in [-0.1, -0.05) is 12.1 Å². The first kappa shape index (κ1) is 16.1. The summed E-state index contributed by atoms with van der Waals surface area (Å²) in [6, 6.07) is 3.01. The first-order valence-corrected chi connectivity index (χ1v) is 7.16. The van der Waals surface area contributed by atoms with Gasteiger partial charge in [-0.25, -0.2) is 8.42 Å². The van der Waals surface area contributed by atoms with Gasteiger partial charge in [-0.3, -0.25) is 9.59 Å². The number of hydrogen-bond donors (Lipinski definition) is 3. The van der Waals surface area contributed by atoms with Crippen LogP contribution in [0.3, 0.4) is 0 Å². The van der Waals surface area contributed by atoms with Gasteiger partial charge in [0.15, 0.2) is 0 Å². The number of sulfonamides is 1. The summed E-state index contributed by atoms with van der Waals surface area (Å²) in [7, 11) is -4.10. The van der Waals surface area contributed by atoms with E-state index in [2.05, 4.69) is 0 Å². The molecule has 110 valence electrons. The summed E-state index contributed by atoms with van der Waals surface area (Å²) in [5.41, 5.74) is 1.14. The van der Waals surface area contributed by atoms with Crippen LogP contribution in [0.15, 0.2) is 23.1 Å². The van der Waals surface area contributed by atoms with Crippen molar-refractivity contribution < 1.29 is 28.2 Å². The second-order valence-corrected chi connectivity index (χ2v) is 6.06. The van der Waals surface area contributed by atoms with Gasteiger partial charge in [0.2, 0.25) is 10.0 Å². The first-order valence-electron chi connectivity index (χ1n) is 5.67. The minimum absolute atomic E-state index is 0.0610. The van der Waals surface area contributed by atoms with Crippen molar-refractivity contribution in [1.82, 2.24) is 4.72 Å². The molecule has 0 unspecified atom stereocenters. The fraction of sp³-hybridized carbons (Fsp3) is 0.333. The third-order valence-electron chi connectivity index (χ3n) is 2.61. The van der Waals surface area contributed by atoms with Crippen molar-refractivity contribution in [1.29, 1.82) is 0 Å². The number of carboxylic acid groups (broad SMARTS) is 2. The molecule has 0 radical (unpaired) electrons. The van der Waals surface area contributed by atoms with Crippen LogP contribution < -0.4 is 4.72 Å². The van der Waals surface area contributed by atoms with Gasteiger partial charge in [0.05, 0.1) is 11.3 Å². The zero-order chi connectivity index (χ0) is 15.5. The lowest BCUT2D eigenvalue weighted by Crippen LogP contribution is -2.42. The molecule has 0 bridgehead atoms. The Morgan fingerprint density at radius 2 is 1.85 bits per heavy atom. The van der Waals surface area contributed by atoms with Crippen LogP contribution in [0.25, 0.3) is 0 Å². The fourth-order valence-corrected chi connectivity index (χ4v) is 3.12. The Hall–Kier alpha value is -1.93. The molecule has 20 heavy (non-hydrogen) atoms. The van der Waals surface area contributed by atoms with Crippen molar-refractivity contribution in [3.05, 3.63) is 29.3 Å². The molecular weight excluding hydrogens is 286 g/mol. The van der Waals surface area contributed by atoms with E-state index in [0.717, 1.165) is 0 Å². The van der Waals surface area contributed by atoms with Gasteiger partial charge in [-0.15, -0.1) is 0 Å². The Labute approximate surface area is 116 Å². The van der Waals surface area contributed by atoms with E-state index in [1.807, 2.05) is 4.72 Å². The number of aryl methyl sites for hydroxylation is 2. The number of hydrogen-bond acceptors (Lipinski definition) is 4. The van der Waals surface area contributed by atoms with E-state index in [0.29, 0.717) is 11.1 Å². The highest BCUT2D eigenvalue weighted by atomic mass is 32.2. The molecule has 1 aromatic rings. The third kappa shape index (κ3) is 4.04. The van der Waals surface area contributed by atoms with Crippen molar-refractivity contribution in [2.24, 2.45) is 0 Å². The van der Waals surface area contributed by atoms with E-state index in [4.69, 9.17) is 10.2 Å². The van der Waals surface area contributed by atoms with Crippen LogP contribution in [0, 0.1) is 13.8 Å². The van der Waals surface area contributed by atoms with Crippen LogP contribution in [-0.2, 0) is 19.6 Å². The predicted octanol–water partition coefficient (Wildman–Crippen LogP) is 0.510. The van der Waals surface area contributed by atoms with E-state index in [1.54, 1.807) is 26.0 Å². The molecule has 0 aromatic heterocycles. The Morgan fingerprint density at radius 3 is 2.35 bits per heavy atom. The molecule has 0 fully saturated rings. The van der Waals surface area contributed by atoms with E-state index in [-0.39, 0.29) is 4.90 Å². The summed E-state index contributed by atoms with van der Waals surface area (Å²) < 4.78 is 26.2. The number of aliphatic carboxylic acids is 2. The van der Waals surface area contributed by atoms with E-state index in [1.165, 1.54) is 6.07 Å². The number of carbonyl (C=O) groups is 2. The largest absolute Gasteiger partial charge is 0.481 e. The number of carboxylic acids is 2. The summed E-state index contributed by atoms with van der Waals surface area (Å²) in [4.78, 5) is 21.4. The van der Waals surface area contributed by atoms with E-state index in [9.17, 15) is 18.0 Å². The van der Waals surface area contributed by atoms with Crippen LogP contribution in [0.5, 0.6) is 0 Å². The molecule has 1 atom stereocenters. The number of nitrogens with one attached hydrogen (secondary N) is 1. The average Bonchev–Trinajstić information content (AvgIpc) is 2.30. The van der Waals surface area contributed by atoms with Crippen molar-refractivity contribution >= 4 is 22.0 Å². The lowest BCUT2D eigenvalue weighted by atomic mass is 10.2. The molecule has 3 N–H and O–H groups in total. The minimum Gasteiger partial charge on any atom is -0.481 e. The van der Waals surface area contributed by atoms with E-state index < -0.39 is 34.4 Å². The maximum atomic E-state index is 12.1. The SMILES string of the molecule is Cc1ccc(C)c(S(=O)(=O)N[C@@H](CC(=O)O)C(=O)O)c1. The molecule has 7 nitrogen and oxygen atoms in total. The maximum absolute atomic E-state index is 12.1. The van der Waals surface area contributed by atoms with Gasteiger partial charge in [-0.2, -0.15) is 4.72 Å². The molecule has 0 aliphatic carbocycles. The molecule has 0 spiro atoms. The molecular formula is C12H15NO6S. The highest BCUT2D eigenvalue weighted by Gasteiger charge is 2.28. The van der Waals surface area contributed by atoms with Crippen LogP contribution in [0.2, 0.25) is 0 Å². The van der Waals surface area contributed by atoms with Gasteiger partial charge in [-0.05, 0) is 31.0 Å². The summed E-state index contributed by atoms with van der Waals surface area (Å²) in [5.74, 6) is -2.94. The Bertz CT molecular complexity index is 637. The van der Waals surface area contributed by atoms with Crippen LogP contribution in [0.1, 0.15) is 17.5 Å². The average molecular weight is 301 g/mol. The lowest BCUT2D eigenvalue weighted by Gasteiger charge is -2.14.